The molecule has 0 aliphatic carbocycles. The van der Waals surface area contributed by atoms with Crippen LogP contribution in [-0.2, 0) is 4.74 Å². The second-order valence-corrected chi connectivity index (χ2v) is 4.11. The summed E-state index contributed by atoms with van der Waals surface area (Å²) in [5.74, 6) is 0.659. The van der Waals surface area contributed by atoms with Gasteiger partial charge in [-0.3, -0.25) is 4.79 Å². The average molecular weight is 235 g/mol. The Hall–Kier alpha value is -1.55. The molecule has 0 spiro atoms. The van der Waals surface area contributed by atoms with E-state index in [1.165, 1.54) is 0 Å². The van der Waals surface area contributed by atoms with Gasteiger partial charge in [0.25, 0.3) is 5.91 Å². The van der Waals surface area contributed by atoms with Crippen molar-refractivity contribution in [3.8, 4) is 5.75 Å². The zero-order valence-corrected chi connectivity index (χ0v) is 10.2. The molecular formula is C13H17NO3. The Kier molecular flexibility index (Phi) is 3.64. The van der Waals surface area contributed by atoms with E-state index in [4.69, 9.17) is 9.47 Å². The van der Waals surface area contributed by atoms with E-state index in [9.17, 15) is 4.79 Å². The number of ether oxygens (including phenoxy) is 2. The molecule has 0 radical (unpaired) electrons. The zero-order chi connectivity index (χ0) is 12.3. The third-order valence-corrected chi connectivity index (χ3v) is 2.89. The monoisotopic (exact) mass is 235 g/mol. The van der Waals surface area contributed by atoms with Crippen LogP contribution in [0.1, 0.15) is 15.9 Å². The molecule has 1 amide bonds. The van der Waals surface area contributed by atoms with Gasteiger partial charge >= 0.3 is 0 Å². The first-order valence-corrected chi connectivity index (χ1v) is 5.74. The Morgan fingerprint density at radius 1 is 1.35 bits per heavy atom. The van der Waals surface area contributed by atoms with Gasteiger partial charge in [0.1, 0.15) is 5.75 Å². The number of amides is 1. The summed E-state index contributed by atoms with van der Waals surface area (Å²) in [6.07, 6.45) is 0. The van der Waals surface area contributed by atoms with E-state index in [2.05, 4.69) is 0 Å². The average Bonchev–Trinajstić information content (AvgIpc) is 2.39. The van der Waals surface area contributed by atoms with Crippen molar-refractivity contribution in [2.24, 2.45) is 0 Å². The molecular weight excluding hydrogens is 218 g/mol. The SMILES string of the molecule is COc1cc(C)ccc1C(=O)N1CCOCC1. The molecule has 1 aromatic rings. The third-order valence-electron chi connectivity index (χ3n) is 2.89. The number of carbonyl (C=O) groups is 1. The second kappa shape index (κ2) is 5.19. The van der Waals surface area contributed by atoms with Crippen LogP contribution in [-0.4, -0.2) is 44.2 Å². The molecule has 0 unspecified atom stereocenters. The molecule has 0 aromatic heterocycles. The molecule has 0 bridgehead atoms. The Balaban J connectivity index is 2.23. The van der Waals surface area contributed by atoms with Crippen LogP contribution in [0.5, 0.6) is 5.75 Å². The summed E-state index contributed by atoms with van der Waals surface area (Å²) in [7, 11) is 1.59. The van der Waals surface area contributed by atoms with Crippen LogP contribution in [0.2, 0.25) is 0 Å². The molecule has 92 valence electrons. The third kappa shape index (κ3) is 2.58. The molecule has 0 atom stereocenters. The lowest BCUT2D eigenvalue weighted by Crippen LogP contribution is -2.40. The van der Waals surface area contributed by atoms with Gasteiger partial charge in [0.05, 0.1) is 25.9 Å². The molecule has 1 heterocycles. The Morgan fingerprint density at radius 3 is 2.71 bits per heavy atom. The van der Waals surface area contributed by atoms with Crippen molar-refractivity contribution >= 4 is 5.91 Å². The number of hydrogen-bond donors (Lipinski definition) is 0. The topological polar surface area (TPSA) is 38.8 Å². The normalized spacial score (nSPS) is 15.8. The highest BCUT2D eigenvalue weighted by Crippen LogP contribution is 2.21. The van der Waals surface area contributed by atoms with Gasteiger partial charge in [0.2, 0.25) is 0 Å². The number of aryl methyl sites for hydroxylation is 1. The number of carbonyl (C=O) groups excluding carboxylic acids is 1. The smallest absolute Gasteiger partial charge is 0.257 e. The van der Waals surface area contributed by atoms with Crippen LogP contribution >= 0.6 is 0 Å². The van der Waals surface area contributed by atoms with Crippen LogP contribution in [0.25, 0.3) is 0 Å². The lowest BCUT2D eigenvalue weighted by atomic mass is 10.1. The fourth-order valence-electron chi connectivity index (χ4n) is 1.91. The molecule has 4 heteroatoms. The fraction of sp³-hybridized carbons (Fsp3) is 0.462. The Labute approximate surface area is 101 Å². The van der Waals surface area contributed by atoms with Gasteiger partial charge < -0.3 is 14.4 Å². The van der Waals surface area contributed by atoms with Crippen molar-refractivity contribution < 1.29 is 14.3 Å². The largest absolute Gasteiger partial charge is 0.496 e. The van der Waals surface area contributed by atoms with Gasteiger partial charge in [-0.05, 0) is 24.6 Å². The van der Waals surface area contributed by atoms with E-state index in [1.807, 2.05) is 25.1 Å². The maximum atomic E-state index is 12.3. The zero-order valence-electron chi connectivity index (χ0n) is 10.2. The van der Waals surface area contributed by atoms with Crippen molar-refractivity contribution in [1.82, 2.24) is 4.90 Å². The van der Waals surface area contributed by atoms with Gasteiger partial charge in [-0.2, -0.15) is 0 Å². The van der Waals surface area contributed by atoms with Crippen LogP contribution in [0.3, 0.4) is 0 Å². The summed E-state index contributed by atoms with van der Waals surface area (Å²) in [6.45, 7) is 4.50. The number of methoxy groups -OCH3 is 1. The Bertz CT molecular complexity index is 411. The van der Waals surface area contributed by atoms with E-state index >= 15 is 0 Å². The molecule has 0 N–H and O–H groups in total. The van der Waals surface area contributed by atoms with E-state index in [0.29, 0.717) is 37.6 Å². The van der Waals surface area contributed by atoms with Crippen molar-refractivity contribution in [1.29, 1.82) is 0 Å². The van der Waals surface area contributed by atoms with Crippen LogP contribution in [0.4, 0.5) is 0 Å². The summed E-state index contributed by atoms with van der Waals surface area (Å²) >= 11 is 0. The fourth-order valence-corrected chi connectivity index (χ4v) is 1.91. The lowest BCUT2D eigenvalue weighted by Gasteiger charge is -2.27. The van der Waals surface area contributed by atoms with Crippen molar-refractivity contribution in [2.75, 3.05) is 33.4 Å². The van der Waals surface area contributed by atoms with E-state index in [0.717, 1.165) is 5.56 Å². The molecule has 4 nitrogen and oxygen atoms in total. The summed E-state index contributed by atoms with van der Waals surface area (Å²) in [4.78, 5) is 14.1. The van der Waals surface area contributed by atoms with Gasteiger partial charge in [0.15, 0.2) is 0 Å². The van der Waals surface area contributed by atoms with Gasteiger partial charge in [0, 0.05) is 13.1 Å². The summed E-state index contributed by atoms with van der Waals surface area (Å²) < 4.78 is 10.5. The minimum absolute atomic E-state index is 0.0187. The van der Waals surface area contributed by atoms with Gasteiger partial charge in [-0.1, -0.05) is 6.07 Å². The van der Waals surface area contributed by atoms with E-state index < -0.39 is 0 Å². The summed E-state index contributed by atoms with van der Waals surface area (Å²) in [5.41, 5.74) is 1.71. The van der Waals surface area contributed by atoms with Gasteiger partial charge in [-0.25, -0.2) is 0 Å². The highest BCUT2D eigenvalue weighted by Gasteiger charge is 2.21. The van der Waals surface area contributed by atoms with Gasteiger partial charge in [-0.15, -0.1) is 0 Å². The number of rotatable bonds is 2. The standard InChI is InChI=1S/C13H17NO3/c1-10-3-4-11(12(9-10)16-2)13(15)14-5-7-17-8-6-14/h3-4,9H,5-8H2,1-2H3. The highest BCUT2D eigenvalue weighted by molar-refractivity contribution is 5.97. The molecule has 1 aliphatic rings. The summed E-state index contributed by atoms with van der Waals surface area (Å²) in [5, 5.41) is 0. The molecule has 1 aliphatic heterocycles. The summed E-state index contributed by atoms with van der Waals surface area (Å²) in [6, 6.07) is 5.63. The number of morpholine rings is 1. The number of benzene rings is 1. The molecule has 0 saturated carbocycles. The maximum absolute atomic E-state index is 12.3. The highest BCUT2D eigenvalue weighted by atomic mass is 16.5. The quantitative estimate of drug-likeness (QED) is 0.779. The van der Waals surface area contributed by atoms with Crippen molar-refractivity contribution in [3.05, 3.63) is 29.3 Å². The van der Waals surface area contributed by atoms with Crippen molar-refractivity contribution in [3.63, 3.8) is 0 Å². The van der Waals surface area contributed by atoms with Crippen molar-refractivity contribution in [2.45, 2.75) is 6.92 Å². The van der Waals surface area contributed by atoms with E-state index in [1.54, 1.807) is 12.0 Å². The predicted octanol–water partition coefficient (Wildman–Crippen LogP) is 1.48. The number of hydrogen-bond acceptors (Lipinski definition) is 3. The molecule has 1 aromatic carbocycles. The second-order valence-electron chi connectivity index (χ2n) is 4.11. The minimum Gasteiger partial charge on any atom is -0.496 e. The first kappa shape index (κ1) is 11.9. The maximum Gasteiger partial charge on any atom is 0.257 e. The van der Waals surface area contributed by atoms with Crippen LogP contribution < -0.4 is 4.74 Å². The first-order chi connectivity index (χ1) is 8.22. The number of nitrogens with zero attached hydrogens (tertiary/aromatic N) is 1. The minimum atomic E-state index is 0.0187. The van der Waals surface area contributed by atoms with Crippen LogP contribution in [0.15, 0.2) is 18.2 Å². The van der Waals surface area contributed by atoms with E-state index in [-0.39, 0.29) is 5.91 Å². The Morgan fingerprint density at radius 2 is 2.06 bits per heavy atom. The van der Waals surface area contributed by atoms with Crippen LogP contribution in [0, 0.1) is 6.92 Å². The first-order valence-electron chi connectivity index (χ1n) is 5.74. The molecule has 17 heavy (non-hydrogen) atoms. The molecule has 1 fully saturated rings. The predicted molar refractivity (Wildman–Crippen MR) is 64.5 cm³/mol. The molecule has 2 rings (SSSR count). The molecule has 1 saturated heterocycles. The lowest BCUT2D eigenvalue weighted by molar-refractivity contribution is 0.0301.